The van der Waals surface area contributed by atoms with Crippen LogP contribution in [0.2, 0.25) is 0 Å². The molecule has 2 heterocycles. The van der Waals surface area contributed by atoms with Crippen LogP contribution in [-0.4, -0.2) is 29.1 Å². The standard InChI is InChI=1S/C18H27NO/c1-17(2,3)13-5-7-14(8-6-13)18(20)11-15-9-10-16(12-18)19(15)4/h5-8,15-16,20H,9-12H2,1-4H3. The molecule has 2 bridgehead atoms. The zero-order chi connectivity index (χ0) is 14.5. The quantitative estimate of drug-likeness (QED) is 0.847. The van der Waals surface area contributed by atoms with E-state index >= 15 is 0 Å². The number of hydrogen-bond acceptors (Lipinski definition) is 2. The number of nitrogens with zero attached hydrogens (tertiary/aromatic N) is 1. The molecule has 0 saturated carbocycles. The molecule has 2 atom stereocenters. The van der Waals surface area contributed by atoms with Gasteiger partial charge in [0.25, 0.3) is 0 Å². The number of hydrogen-bond donors (Lipinski definition) is 1. The molecule has 2 fully saturated rings. The molecule has 110 valence electrons. The molecule has 2 saturated heterocycles. The molecule has 2 unspecified atom stereocenters. The molecule has 2 heteroatoms. The normalized spacial score (nSPS) is 34.5. The first kappa shape index (κ1) is 14.1. The zero-order valence-electron chi connectivity index (χ0n) is 13.2. The lowest BCUT2D eigenvalue weighted by molar-refractivity contribution is -0.0493. The first-order chi connectivity index (χ1) is 9.29. The third-order valence-electron chi connectivity index (χ3n) is 5.42. The van der Waals surface area contributed by atoms with E-state index in [1.165, 1.54) is 18.4 Å². The van der Waals surface area contributed by atoms with E-state index in [2.05, 4.69) is 57.0 Å². The van der Waals surface area contributed by atoms with Crippen LogP contribution in [0, 0.1) is 0 Å². The van der Waals surface area contributed by atoms with Gasteiger partial charge in [0.2, 0.25) is 0 Å². The van der Waals surface area contributed by atoms with Crippen LogP contribution in [0.5, 0.6) is 0 Å². The lowest BCUT2D eigenvalue weighted by atomic mass is 9.79. The summed E-state index contributed by atoms with van der Waals surface area (Å²) in [5, 5.41) is 11.1. The highest BCUT2D eigenvalue weighted by Crippen LogP contribution is 2.45. The first-order valence-corrected chi connectivity index (χ1v) is 7.85. The second-order valence-electron chi connectivity index (χ2n) is 7.82. The van der Waals surface area contributed by atoms with E-state index in [1.54, 1.807) is 0 Å². The van der Waals surface area contributed by atoms with E-state index in [4.69, 9.17) is 0 Å². The van der Waals surface area contributed by atoms with Crippen molar-refractivity contribution in [2.45, 2.75) is 69.6 Å². The number of benzene rings is 1. The van der Waals surface area contributed by atoms with Crippen molar-refractivity contribution < 1.29 is 5.11 Å². The third kappa shape index (κ3) is 2.29. The van der Waals surface area contributed by atoms with E-state index in [0.717, 1.165) is 18.4 Å². The van der Waals surface area contributed by atoms with E-state index in [9.17, 15) is 5.11 Å². The van der Waals surface area contributed by atoms with E-state index in [1.807, 2.05) is 0 Å². The fraction of sp³-hybridized carbons (Fsp3) is 0.667. The van der Waals surface area contributed by atoms with Crippen molar-refractivity contribution in [3.63, 3.8) is 0 Å². The summed E-state index contributed by atoms with van der Waals surface area (Å²) >= 11 is 0. The Morgan fingerprint density at radius 1 is 1.05 bits per heavy atom. The Balaban J connectivity index is 1.86. The van der Waals surface area contributed by atoms with Crippen molar-refractivity contribution in [1.29, 1.82) is 0 Å². The van der Waals surface area contributed by atoms with Crippen LogP contribution in [0.25, 0.3) is 0 Å². The average molecular weight is 273 g/mol. The van der Waals surface area contributed by atoms with Gasteiger partial charge >= 0.3 is 0 Å². The minimum atomic E-state index is -0.616. The van der Waals surface area contributed by atoms with Gasteiger partial charge < -0.3 is 10.0 Å². The molecule has 0 amide bonds. The Morgan fingerprint density at radius 3 is 2.00 bits per heavy atom. The lowest BCUT2D eigenvalue weighted by Crippen LogP contribution is -2.47. The summed E-state index contributed by atoms with van der Waals surface area (Å²) < 4.78 is 0. The molecule has 20 heavy (non-hydrogen) atoms. The highest BCUT2D eigenvalue weighted by atomic mass is 16.3. The van der Waals surface area contributed by atoms with Gasteiger partial charge in [-0.1, -0.05) is 45.0 Å². The van der Waals surface area contributed by atoms with Crippen molar-refractivity contribution >= 4 is 0 Å². The van der Waals surface area contributed by atoms with Gasteiger partial charge in [0.05, 0.1) is 5.60 Å². The van der Waals surface area contributed by atoms with Gasteiger partial charge in [-0.05, 0) is 49.3 Å². The van der Waals surface area contributed by atoms with Gasteiger partial charge in [-0.2, -0.15) is 0 Å². The average Bonchev–Trinajstić information content (AvgIpc) is 2.62. The summed E-state index contributed by atoms with van der Waals surface area (Å²) in [5.74, 6) is 0. The molecule has 2 aliphatic heterocycles. The Hall–Kier alpha value is -0.860. The minimum Gasteiger partial charge on any atom is -0.385 e. The number of aliphatic hydroxyl groups is 1. The van der Waals surface area contributed by atoms with Gasteiger partial charge in [-0.3, -0.25) is 0 Å². The van der Waals surface area contributed by atoms with Gasteiger partial charge in [-0.15, -0.1) is 0 Å². The van der Waals surface area contributed by atoms with Gasteiger partial charge in [0.1, 0.15) is 0 Å². The van der Waals surface area contributed by atoms with Crippen LogP contribution in [0.3, 0.4) is 0 Å². The van der Waals surface area contributed by atoms with Gasteiger partial charge in [0.15, 0.2) is 0 Å². The molecule has 1 N–H and O–H groups in total. The molecule has 1 aromatic carbocycles. The molecule has 3 rings (SSSR count). The van der Waals surface area contributed by atoms with Crippen LogP contribution in [0.15, 0.2) is 24.3 Å². The number of rotatable bonds is 1. The summed E-state index contributed by atoms with van der Waals surface area (Å²) in [4.78, 5) is 2.47. The monoisotopic (exact) mass is 273 g/mol. The summed E-state index contributed by atoms with van der Waals surface area (Å²) in [6.07, 6.45) is 4.25. The molecule has 2 aliphatic rings. The van der Waals surface area contributed by atoms with E-state index < -0.39 is 5.60 Å². The molecular formula is C18H27NO. The molecule has 0 aliphatic carbocycles. The lowest BCUT2D eigenvalue weighted by Gasteiger charge is -2.42. The van der Waals surface area contributed by atoms with Gasteiger partial charge in [0, 0.05) is 12.1 Å². The predicted molar refractivity (Wildman–Crippen MR) is 82.8 cm³/mol. The summed E-state index contributed by atoms with van der Waals surface area (Å²) in [6, 6.07) is 9.78. The van der Waals surface area contributed by atoms with Crippen molar-refractivity contribution in [3.05, 3.63) is 35.4 Å². The molecule has 0 spiro atoms. The van der Waals surface area contributed by atoms with E-state index in [0.29, 0.717) is 12.1 Å². The highest BCUT2D eigenvalue weighted by Gasteiger charge is 2.46. The fourth-order valence-electron chi connectivity index (χ4n) is 3.96. The molecular weight excluding hydrogens is 246 g/mol. The number of fused-ring (bicyclic) bond motifs is 2. The summed E-state index contributed by atoms with van der Waals surface area (Å²) in [7, 11) is 2.21. The molecule has 2 nitrogen and oxygen atoms in total. The molecule has 0 radical (unpaired) electrons. The maximum absolute atomic E-state index is 11.1. The molecule has 0 aromatic heterocycles. The number of piperidine rings is 1. The van der Waals surface area contributed by atoms with Crippen LogP contribution >= 0.6 is 0 Å². The Kier molecular flexibility index (Phi) is 3.22. The largest absolute Gasteiger partial charge is 0.385 e. The Bertz CT molecular complexity index is 471. The summed E-state index contributed by atoms with van der Waals surface area (Å²) in [5.41, 5.74) is 2.00. The van der Waals surface area contributed by atoms with Crippen molar-refractivity contribution in [1.82, 2.24) is 4.90 Å². The topological polar surface area (TPSA) is 23.5 Å². The fourth-order valence-corrected chi connectivity index (χ4v) is 3.96. The van der Waals surface area contributed by atoms with Crippen LogP contribution in [0.1, 0.15) is 57.6 Å². The minimum absolute atomic E-state index is 0.174. The smallest absolute Gasteiger partial charge is 0.0926 e. The van der Waals surface area contributed by atoms with Crippen molar-refractivity contribution in [2.24, 2.45) is 0 Å². The second-order valence-corrected chi connectivity index (χ2v) is 7.82. The Morgan fingerprint density at radius 2 is 1.55 bits per heavy atom. The summed E-state index contributed by atoms with van der Waals surface area (Å²) in [6.45, 7) is 6.69. The second kappa shape index (κ2) is 4.57. The maximum atomic E-state index is 11.1. The maximum Gasteiger partial charge on any atom is 0.0926 e. The third-order valence-corrected chi connectivity index (χ3v) is 5.42. The van der Waals surface area contributed by atoms with Crippen molar-refractivity contribution in [3.8, 4) is 0 Å². The highest BCUT2D eigenvalue weighted by molar-refractivity contribution is 5.32. The van der Waals surface area contributed by atoms with Crippen LogP contribution in [0.4, 0.5) is 0 Å². The van der Waals surface area contributed by atoms with Crippen LogP contribution < -0.4 is 0 Å². The molecule has 1 aromatic rings. The van der Waals surface area contributed by atoms with Crippen molar-refractivity contribution in [2.75, 3.05) is 7.05 Å². The van der Waals surface area contributed by atoms with Gasteiger partial charge in [-0.25, -0.2) is 0 Å². The Labute approximate surface area is 122 Å². The SMILES string of the molecule is CN1C2CCC1CC(O)(c1ccc(C(C)(C)C)cc1)C2. The first-order valence-electron chi connectivity index (χ1n) is 7.85. The zero-order valence-corrected chi connectivity index (χ0v) is 13.2. The van der Waals surface area contributed by atoms with E-state index in [-0.39, 0.29) is 5.41 Å². The predicted octanol–water partition coefficient (Wildman–Crippen LogP) is 3.43. The van der Waals surface area contributed by atoms with Crippen LogP contribution in [-0.2, 0) is 11.0 Å².